The molecule has 0 fully saturated rings. The molecule has 90 valence electrons. The Morgan fingerprint density at radius 1 is 1.17 bits per heavy atom. The van der Waals surface area contributed by atoms with Crippen molar-refractivity contribution >= 4 is 38.2 Å². The zero-order valence-electron chi connectivity index (χ0n) is 9.64. The molecule has 2 aromatic carbocycles. The molecule has 0 spiro atoms. The van der Waals surface area contributed by atoms with Crippen LogP contribution in [0.15, 0.2) is 36.4 Å². The predicted molar refractivity (Wildman–Crippen MR) is 72.3 cm³/mol. The average Bonchev–Trinajstić information content (AvgIpc) is 2.76. The summed E-state index contributed by atoms with van der Waals surface area (Å²) < 4.78 is 5.58. The number of ether oxygens (including phenoxy) is 1. The van der Waals surface area contributed by atoms with Crippen LogP contribution in [0, 0.1) is 0 Å². The first-order valence-corrected chi connectivity index (χ1v) is 6.25. The second-order valence-electron chi connectivity index (χ2n) is 3.93. The molecule has 0 saturated heterocycles. The van der Waals surface area contributed by atoms with Crippen molar-refractivity contribution in [3.05, 3.63) is 41.3 Å². The number of fused-ring (bicyclic) bond motifs is 3. The summed E-state index contributed by atoms with van der Waals surface area (Å²) in [5.74, 6) is -0.495. The lowest BCUT2D eigenvalue weighted by molar-refractivity contribution is 0.0603. The van der Waals surface area contributed by atoms with Gasteiger partial charge in [0.15, 0.2) is 4.88 Å². The largest absolute Gasteiger partial charge is 0.505 e. The molecule has 0 radical (unpaired) electrons. The number of methoxy groups -OCH3 is 1. The van der Waals surface area contributed by atoms with Crippen molar-refractivity contribution in [2.45, 2.75) is 0 Å². The van der Waals surface area contributed by atoms with E-state index in [2.05, 4.69) is 4.74 Å². The number of esters is 1. The van der Waals surface area contributed by atoms with E-state index in [1.165, 1.54) is 18.4 Å². The van der Waals surface area contributed by atoms with Crippen LogP contribution >= 0.6 is 11.3 Å². The third kappa shape index (κ3) is 1.46. The molecule has 0 atom stereocenters. The molecule has 0 aliphatic heterocycles. The fourth-order valence-corrected chi connectivity index (χ4v) is 3.19. The van der Waals surface area contributed by atoms with Gasteiger partial charge in [0.05, 0.1) is 7.11 Å². The van der Waals surface area contributed by atoms with Gasteiger partial charge in [-0.2, -0.15) is 0 Å². The lowest BCUT2D eigenvalue weighted by Gasteiger charge is -1.98. The number of benzene rings is 2. The van der Waals surface area contributed by atoms with E-state index in [-0.39, 0.29) is 10.6 Å². The molecule has 1 heterocycles. The lowest BCUT2D eigenvalue weighted by Crippen LogP contribution is -1.97. The Morgan fingerprint density at radius 3 is 2.72 bits per heavy atom. The molecule has 1 aromatic heterocycles. The summed E-state index contributed by atoms with van der Waals surface area (Å²) in [7, 11) is 1.31. The van der Waals surface area contributed by atoms with E-state index in [0.717, 1.165) is 15.5 Å². The minimum Gasteiger partial charge on any atom is -0.505 e. The van der Waals surface area contributed by atoms with Crippen LogP contribution in [0.1, 0.15) is 9.67 Å². The highest BCUT2D eigenvalue weighted by Gasteiger charge is 2.19. The van der Waals surface area contributed by atoms with Gasteiger partial charge in [-0.15, -0.1) is 11.3 Å². The highest BCUT2D eigenvalue weighted by molar-refractivity contribution is 7.22. The van der Waals surface area contributed by atoms with Crippen LogP contribution in [0.3, 0.4) is 0 Å². The first-order chi connectivity index (χ1) is 8.72. The summed E-state index contributed by atoms with van der Waals surface area (Å²) in [4.78, 5) is 11.8. The van der Waals surface area contributed by atoms with E-state index in [4.69, 9.17) is 0 Å². The van der Waals surface area contributed by atoms with Gasteiger partial charge in [-0.1, -0.05) is 30.3 Å². The second-order valence-corrected chi connectivity index (χ2v) is 4.96. The SMILES string of the molecule is COC(=O)c1sc2c(ccc3ccccc32)c1O. The van der Waals surface area contributed by atoms with Crippen LogP contribution in [0.4, 0.5) is 0 Å². The van der Waals surface area contributed by atoms with Crippen LogP contribution in [0.5, 0.6) is 5.75 Å². The van der Waals surface area contributed by atoms with E-state index in [0.29, 0.717) is 5.39 Å². The smallest absolute Gasteiger partial charge is 0.351 e. The molecule has 18 heavy (non-hydrogen) atoms. The first kappa shape index (κ1) is 11.0. The van der Waals surface area contributed by atoms with Crippen molar-refractivity contribution in [1.29, 1.82) is 0 Å². The average molecular weight is 258 g/mol. The molecule has 4 heteroatoms. The summed E-state index contributed by atoms with van der Waals surface area (Å²) in [6.07, 6.45) is 0. The highest BCUT2D eigenvalue weighted by atomic mass is 32.1. The Bertz CT molecular complexity index is 758. The molecule has 0 amide bonds. The molecule has 1 N–H and O–H groups in total. The van der Waals surface area contributed by atoms with Crippen LogP contribution < -0.4 is 0 Å². The van der Waals surface area contributed by atoms with Crippen LogP contribution in [-0.2, 0) is 4.74 Å². The Balaban J connectivity index is 2.42. The van der Waals surface area contributed by atoms with Gasteiger partial charge in [-0.05, 0) is 16.8 Å². The summed E-state index contributed by atoms with van der Waals surface area (Å²) in [6, 6.07) is 11.7. The number of carbonyl (C=O) groups is 1. The Labute approximate surface area is 107 Å². The number of thiophene rings is 1. The molecule has 3 nitrogen and oxygen atoms in total. The van der Waals surface area contributed by atoms with E-state index in [1.807, 2.05) is 36.4 Å². The molecule has 3 aromatic rings. The predicted octanol–water partition coefficient (Wildman–Crippen LogP) is 3.55. The van der Waals surface area contributed by atoms with Crippen molar-refractivity contribution in [3.63, 3.8) is 0 Å². The van der Waals surface area contributed by atoms with Gasteiger partial charge in [0, 0.05) is 10.1 Å². The maximum Gasteiger partial charge on any atom is 0.351 e. The van der Waals surface area contributed by atoms with Crippen molar-refractivity contribution in [1.82, 2.24) is 0 Å². The normalized spacial score (nSPS) is 10.9. The highest BCUT2D eigenvalue weighted by Crippen LogP contribution is 2.40. The Kier molecular flexibility index (Phi) is 2.45. The van der Waals surface area contributed by atoms with E-state index < -0.39 is 5.97 Å². The fraction of sp³-hybridized carbons (Fsp3) is 0.0714. The van der Waals surface area contributed by atoms with Gasteiger partial charge >= 0.3 is 5.97 Å². The number of rotatable bonds is 1. The molecule has 0 aliphatic rings. The maximum absolute atomic E-state index is 11.6. The number of aromatic hydroxyl groups is 1. The quantitative estimate of drug-likeness (QED) is 0.679. The molecule has 3 rings (SSSR count). The molecule has 0 unspecified atom stereocenters. The molecule has 0 saturated carbocycles. The molecule has 0 bridgehead atoms. The van der Waals surface area contributed by atoms with Gasteiger partial charge < -0.3 is 9.84 Å². The fourth-order valence-electron chi connectivity index (χ4n) is 2.04. The second kappa shape index (κ2) is 3.99. The van der Waals surface area contributed by atoms with E-state index >= 15 is 0 Å². The minimum atomic E-state index is -0.502. The van der Waals surface area contributed by atoms with Crippen LogP contribution in [0.2, 0.25) is 0 Å². The van der Waals surface area contributed by atoms with E-state index in [9.17, 15) is 9.90 Å². The molecule has 0 aliphatic carbocycles. The van der Waals surface area contributed by atoms with Crippen molar-refractivity contribution in [2.24, 2.45) is 0 Å². The number of carbonyl (C=O) groups excluding carboxylic acids is 1. The lowest BCUT2D eigenvalue weighted by atomic mass is 10.1. The van der Waals surface area contributed by atoms with Gasteiger partial charge in [-0.3, -0.25) is 0 Å². The standard InChI is InChI=1S/C14H10O3S/c1-17-14(16)13-11(15)10-7-6-8-4-2-3-5-9(8)12(10)18-13/h2-7,15H,1H3. The van der Waals surface area contributed by atoms with Crippen LogP contribution in [0.25, 0.3) is 20.9 Å². The first-order valence-electron chi connectivity index (χ1n) is 5.44. The van der Waals surface area contributed by atoms with Gasteiger partial charge in [0.1, 0.15) is 5.75 Å². The third-order valence-corrected chi connectivity index (χ3v) is 4.13. The molecular formula is C14H10O3S. The monoisotopic (exact) mass is 258 g/mol. The van der Waals surface area contributed by atoms with Gasteiger partial charge in [0.2, 0.25) is 0 Å². The van der Waals surface area contributed by atoms with Crippen molar-refractivity contribution < 1.29 is 14.6 Å². The Hall–Kier alpha value is -2.07. The summed E-state index contributed by atoms with van der Waals surface area (Å²) in [6.45, 7) is 0. The Morgan fingerprint density at radius 2 is 1.94 bits per heavy atom. The van der Waals surface area contributed by atoms with Gasteiger partial charge in [-0.25, -0.2) is 4.79 Å². The minimum absolute atomic E-state index is 0.00704. The zero-order valence-corrected chi connectivity index (χ0v) is 10.5. The summed E-state index contributed by atoms with van der Waals surface area (Å²) in [5.41, 5.74) is 0. The third-order valence-electron chi connectivity index (χ3n) is 2.92. The van der Waals surface area contributed by atoms with E-state index in [1.54, 1.807) is 0 Å². The topological polar surface area (TPSA) is 46.5 Å². The van der Waals surface area contributed by atoms with Gasteiger partial charge in [0.25, 0.3) is 0 Å². The zero-order chi connectivity index (χ0) is 12.7. The maximum atomic E-state index is 11.6. The summed E-state index contributed by atoms with van der Waals surface area (Å²) in [5, 5.41) is 12.9. The number of hydrogen-bond acceptors (Lipinski definition) is 4. The van der Waals surface area contributed by atoms with Crippen molar-refractivity contribution in [2.75, 3.05) is 7.11 Å². The molecular weight excluding hydrogens is 248 g/mol. The summed E-state index contributed by atoms with van der Waals surface area (Å²) >= 11 is 1.26. The number of hydrogen-bond donors (Lipinski definition) is 1. The van der Waals surface area contributed by atoms with Crippen molar-refractivity contribution in [3.8, 4) is 5.75 Å². The van der Waals surface area contributed by atoms with Crippen LogP contribution in [-0.4, -0.2) is 18.2 Å².